The number of nitrogens with one attached hydrogen (secondary N) is 1. The molecule has 86 valence electrons. The normalized spacial score (nSPS) is 12.9. The van der Waals surface area contributed by atoms with Crippen molar-refractivity contribution in [2.45, 2.75) is 32.9 Å². The van der Waals surface area contributed by atoms with Gasteiger partial charge in [0.25, 0.3) is 0 Å². The molecule has 0 spiro atoms. The lowest BCUT2D eigenvalue weighted by Gasteiger charge is -2.10. The van der Waals surface area contributed by atoms with E-state index < -0.39 is 0 Å². The predicted octanol–water partition coefficient (Wildman–Crippen LogP) is 3.75. The molecule has 2 heterocycles. The molecule has 0 aliphatic rings. The van der Waals surface area contributed by atoms with Crippen LogP contribution in [0.4, 0.5) is 0 Å². The van der Waals surface area contributed by atoms with E-state index in [-0.39, 0.29) is 0 Å². The molecule has 3 heteroatoms. The molecule has 16 heavy (non-hydrogen) atoms. The third kappa shape index (κ3) is 2.74. The largest absolute Gasteiger partial charge is 0.472 e. The molecule has 1 unspecified atom stereocenters. The van der Waals surface area contributed by atoms with Crippen LogP contribution < -0.4 is 5.32 Å². The molecule has 0 bridgehead atoms. The second-order valence-electron chi connectivity index (χ2n) is 3.89. The maximum absolute atomic E-state index is 5.04. The zero-order valence-corrected chi connectivity index (χ0v) is 10.5. The Morgan fingerprint density at radius 1 is 1.38 bits per heavy atom. The molecule has 0 saturated carbocycles. The topological polar surface area (TPSA) is 25.2 Å². The van der Waals surface area contributed by atoms with Crippen LogP contribution in [-0.4, -0.2) is 0 Å². The average molecular weight is 235 g/mol. The minimum atomic E-state index is 0.403. The van der Waals surface area contributed by atoms with Crippen LogP contribution in [0.2, 0.25) is 0 Å². The number of hydrogen-bond donors (Lipinski definition) is 1. The van der Waals surface area contributed by atoms with E-state index in [4.69, 9.17) is 4.42 Å². The first kappa shape index (κ1) is 11.4. The van der Waals surface area contributed by atoms with Crippen LogP contribution >= 0.6 is 11.3 Å². The molecule has 0 aliphatic carbocycles. The van der Waals surface area contributed by atoms with Gasteiger partial charge >= 0.3 is 0 Å². The van der Waals surface area contributed by atoms with Gasteiger partial charge in [-0.1, -0.05) is 6.92 Å². The molecular weight excluding hydrogens is 218 g/mol. The van der Waals surface area contributed by atoms with E-state index >= 15 is 0 Å². The Morgan fingerprint density at radius 3 is 2.88 bits per heavy atom. The van der Waals surface area contributed by atoms with Crippen molar-refractivity contribution in [3.63, 3.8) is 0 Å². The van der Waals surface area contributed by atoms with Crippen molar-refractivity contribution in [1.82, 2.24) is 5.32 Å². The maximum Gasteiger partial charge on any atom is 0.0947 e. The zero-order chi connectivity index (χ0) is 11.4. The van der Waals surface area contributed by atoms with Crippen LogP contribution in [0.25, 0.3) is 0 Å². The summed E-state index contributed by atoms with van der Waals surface area (Å²) in [5.74, 6) is 0. The number of hydrogen-bond acceptors (Lipinski definition) is 3. The van der Waals surface area contributed by atoms with Crippen LogP contribution in [0.5, 0.6) is 0 Å². The van der Waals surface area contributed by atoms with E-state index in [0.29, 0.717) is 6.04 Å². The van der Waals surface area contributed by atoms with Gasteiger partial charge in [0.15, 0.2) is 0 Å². The Kier molecular flexibility index (Phi) is 3.80. The third-order valence-corrected chi connectivity index (χ3v) is 4.06. The van der Waals surface area contributed by atoms with Gasteiger partial charge < -0.3 is 9.73 Å². The molecule has 0 aromatic carbocycles. The summed E-state index contributed by atoms with van der Waals surface area (Å²) >= 11 is 1.89. The molecule has 0 aliphatic heterocycles. The Balaban J connectivity index is 1.90. The monoisotopic (exact) mass is 235 g/mol. The SMILES string of the molecule is CCc1ccc(C(C)NCc2ccoc2)s1. The highest BCUT2D eigenvalue weighted by atomic mass is 32.1. The average Bonchev–Trinajstić information content (AvgIpc) is 2.96. The molecular formula is C13H17NOS. The minimum Gasteiger partial charge on any atom is -0.472 e. The summed E-state index contributed by atoms with van der Waals surface area (Å²) in [6, 6.07) is 6.83. The third-order valence-electron chi connectivity index (χ3n) is 2.65. The van der Waals surface area contributed by atoms with Crippen LogP contribution in [0.15, 0.2) is 35.1 Å². The predicted molar refractivity (Wildman–Crippen MR) is 67.7 cm³/mol. The van der Waals surface area contributed by atoms with Crippen molar-refractivity contribution < 1.29 is 4.42 Å². The minimum absolute atomic E-state index is 0.403. The molecule has 0 fully saturated rings. The first-order valence-electron chi connectivity index (χ1n) is 5.62. The fourth-order valence-electron chi connectivity index (χ4n) is 1.58. The van der Waals surface area contributed by atoms with Gasteiger partial charge in [-0.15, -0.1) is 11.3 Å². The Hall–Kier alpha value is -1.06. The van der Waals surface area contributed by atoms with Crippen molar-refractivity contribution in [2.24, 2.45) is 0 Å². The fourth-order valence-corrected chi connectivity index (χ4v) is 2.56. The second-order valence-corrected chi connectivity index (χ2v) is 5.09. The Bertz CT molecular complexity index is 419. The molecule has 0 amide bonds. The second kappa shape index (κ2) is 5.32. The molecule has 2 rings (SSSR count). The molecule has 0 saturated heterocycles. The summed E-state index contributed by atoms with van der Waals surface area (Å²) < 4.78 is 5.04. The number of rotatable bonds is 5. The Morgan fingerprint density at radius 2 is 2.25 bits per heavy atom. The van der Waals surface area contributed by atoms with Gasteiger partial charge in [-0.3, -0.25) is 0 Å². The number of furan rings is 1. The van der Waals surface area contributed by atoms with Gasteiger partial charge in [0.05, 0.1) is 12.5 Å². The lowest BCUT2D eigenvalue weighted by molar-refractivity contribution is 0.549. The summed E-state index contributed by atoms with van der Waals surface area (Å²) in [4.78, 5) is 2.85. The van der Waals surface area contributed by atoms with E-state index in [1.807, 2.05) is 17.4 Å². The summed E-state index contributed by atoms with van der Waals surface area (Å²) in [6.07, 6.45) is 4.62. The van der Waals surface area contributed by atoms with Crippen molar-refractivity contribution in [1.29, 1.82) is 0 Å². The smallest absolute Gasteiger partial charge is 0.0947 e. The lowest BCUT2D eigenvalue weighted by Crippen LogP contribution is -2.16. The molecule has 1 atom stereocenters. The lowest BCUT2D eigenvalue weighted by atomic mass is 10.2. The van der Waals surface area contributed by atoms with Gasteiger partial charge in [-0.25, -0.2) is 0 Å². The van der Waals surface area contributed by atoms with Crippen LogP contribution in [0, 0.1) is 0 Å². The zero-order valence-electron chi connectivity index (χ0n) is 9.69. The highest BCUT2D eigenvalue weighted by molar-refractivity contribution is 7.12. The van der Waals surface area contributed by atoms with Crippen molar-refractivity contribution in [3.8, 4) is 0 Å². The van der Waals surface area contributed by atoms with Crippen molar-refractivity contribution in [3.05, 3.63) is 46.0 Å². The van der Waals surface area contributed by atoms with Crippen LogP contribution in [0.3, 0.4) is 0 Å². The number of aryl methyl sites for hydroxylation is 1. The standard InChI is InChI=1S/C13H17NOS/c1-3-12-4-5-13(16-12)10(2)14-8-11-6-7-15-9-11/h4-7,9-10,14H,3,8H2,1-2H3. The summed E-state index contributed by atoms with van der Waals surface area (Å²) in [7, 11) is 0. The summed E-state index contributed by atoms with van der Waals surface area (Å²) in [5, 5.41) is 3.49. The van der Waals surface area contributed by atoms with Gasteiger partial charge in [0.2, 0.25) is 0 Å². The number of thiophene rings is 1. The quantitative estimate of drug-likeness (QED) is 0.853. The van der Waals surface area contributed by atoms with Gasteiger partial charge in [-0.05, 0) is 31.5 Å². The van der Waals surface area contributed by atoms with Crippen molar-refractivity contribution in [2.75, 3.05) is 0 Å². The summed E-state index contributed by atoms with van der Waals surface area (Å²) in [5.41, 5.74) is 1.19. The van der Waals surface area contributed by atoms with Gasteiger partial charge in [-0.2, -0.15) is 0 Å². The molecule has 1 N–H and O–H groups in total. The highest BCUT2D eigenvalue weighted by Gasteiger charge is 2.07. The van der Waals surface area contributed by atoms with E-state index in [1.54, 1.807) is 12.5 Å². The van der Waals surface area contributed by atoms with Crippen molar-refractivity contribution >= 4 is 11.3 Å². The first-order chi connectivity index (χ1) is 7.79. The van der Waals surface area contributed by atoms with E-state index in [9.17, 15) is 0 Å². The maximum atomic E-state index is 5.04. The van der Waals surface area contributed by atoms with Gasteiger partial charge in [0, 0.05) is 27.9 Å². The Labute approximate surface area is 100 Å². The fraction of sp³-hybridized carbons (Fsp3) is 0.385. The molecule has 2 aromatic rings. The van der Waals surface area contributed by atoms with E-state index in [0.717, 1.165) is 13.0 Å². The van der Waals surface area contributed by atoms with Gasteiger partial charge in [0.1, 0.15) is 0 Å². The van der Waals surface area contributed by atoms with Crippen LogP contribution in [-0.2, 0) is 13.0 Å². The van der Waals surface area contributed by atoms with E-state index in [2.05, 4.69) is 31.3 Å². The first-order valence-corrected chi connectivity index (χ1v) is 6.44. The molecule has 2 nitrogen and oxygen atoms in total. The highest BCUT2D eigenvalue weighted by Crippen LogP contribution is 2.23. The molecule has 0 radical (unpaired) electrons. The van der Waals surface area contributed by atoms with Crippen LogP contribution in [0.1, 0.15) is 35.2 Å². The van der Waals surface area contributed by atoms with E-state index in [1.165, 1.54) is 15.3 Å². The summed E-state index contributed by atoms with van der Waals surface area (Å²) in [6.45, 7) is 5.25. The molecule has 2 aromatic heterocycles.